The van der Waals surface area contributed by atoms with Crippen molar-refractivity contribution in [1.29, 1.82) is 0 Å². The molecule has 0 fully saturated rings. The Bertz CT molecular complexity index is 919. The third-order valence-electron chi connectivity index (χ3n) is 3.77. The minimum Gasteiger partial charge on any atom is -0.397 e. The molecule has 1 atom stereocenters. The number of carbonyl (C=O) groups excluding carboxylic acids is 1. The fourth-order valence-corrected chi connectivity index (χ4v) is 3.73. The van der Waals surface area contributed by atoms with Gasteiger partial charge in [-0.05, 0) is 35.7 Å². The van der Waals surface area contributed by atoms with Gasteiger partial charge in [-0.25, -0.2) is 4.79 Å². The standard InChI is InChI=1S/C17H13Cl2F3N4OS/c18-10-2-1-3-11(19)14(10)25-16-26(6-7-28-16)15(27)24-13-5-4-9(8-12(13)23)17(20,21)22/h1-8,16,25H,23H2,(H,24,27). The number of nitrogen functional groups attached to an aromatic ring is 1. The van der Waals surface area contributed by atoms with Gasteiger partial charge >= 0.3 is 12.2 Å². The zero-order chi connectivity index (χ0) is 20.5. The normalized spacial score (nSPS) is 16.3. The molecule has 28 heavy (non-hydrogen) atoms. The molecule has 1 aliphatic heterocycles. The summed E-state index contributed by atoms with van der Waals surface area (Å²) in [6, 6.07) is 7.12. The van der Waals surface area contributed by atoms with Crippen molar-refractivity contribution in [1.82, 2.24) is 4.90 Å². The Morgan fingerprint density at radius 3 is 2.46 bits per heavy atom. The first-order valence-corrected chi connectivity index (χ1v) is 9.45. The molecule has 2 aromatic rings. The lowest BCUT2D eigenvalue weighted by molar-refractivity contribution is -0.137. The molecule has 5 nitrogen and oxygen atoms in total. The fraction of sp³-hybridized carbons (Fsp3) is 0.118. The van der Waals surface area contributed by atoms with Gasteiger partial charge in [-0.15, -0.1) is 0 Å². The largest absolute Gasteiger partial charge is 0.416 e. The summed E-state index contributed by atoms with van der Waals surface area (Å²) in [6.45, 7) is 0. The molecule has 2 amide bonds. The molecule has 0 aromatic heterocycles. The zero-order valence-electron chi connectivity index (χ0n) is 13.9. The third-order valence-corrected chi connectivity index (χ3v) is 5.28. The fourth-order valence-electron chi connectivity index (χ4n) is 2.39. The number of rotatable bonds is 3. The number of urea groups is 1. The number of alkyl halides is 3. The molecule has 3 rings (SSSR count). The van der Waals surface area contributed by atoms with Crippen molar-refractivity contribution in [3.05, 3.63) is 63.6 Å². The highest BCUT2D eigenvalue weighted by atomic mass is 35.5. The van der Waals surface area contributed by atoms with Crippen molar-refractivity contribution in [3.63, 3.8) is 0 Å². The first-order valence-electron chi connectivity index (χ1n) is 7.75. The van der Waals surface area contributed by atoms with E-state index in [1.165, 1.54) is 22.9 Å². The summed E-state index contributed by atoms with van der Waals surface area (Å²) in [6.07, 6.45) is -3.00. The van der Waals surface area contributed by atoms with Crippen molar-refractivity contribution < 1.29 is 18.0 Å². The lowest BCUT2D eigenvalue weighted by Crippen LogP contribution is -2.39. The van der Waals surface area contributed by atoms with E-state index in [1.807, 2.05) is 0 Å². The number of carbonyl (C=O) groups is 1. The van der Waals surface area contributed by atoms with Crippen LogP contribution in [0.3, 0.4) is 0 Å². The molecular weight excluding hydrogens is 436 g/mol. The van der Waals surface area contributed by atoms with Gasteiger partial charge in [0.25, 0.3) is 0 Å². The van der Waals surface area contributed by atoms with Gasteiger partial charge < -0.3 is 16.4 Å². The van der Waals surface area contributed by atoms with Crippen LogP contribution in [-0.4, -0.2) is 16.4 Å². The molecule has 148 valence electrons. The van der Waals surface area contributed by atoms with E-state index in [0.29, 0.717) is 15.7 Å². The minimum absolute atomic E-state index is 0.0674. The van der Waals surface area contributed by atoms with Crippen LogP contribution >= 0.6 is 35.0 Å². The molecular formula is C17H13Cl2F3N4OS. The first kappa shape index (κ1) is 20.5. The van der Waals surface area contributed by atoms with Crippen molar-refractivity contribution in [2.75, 3.05) is 16.4 Å². The number of thioether (sulfide) groups is 1. The number of hydrogen-bond acceptors (Lipinski definition) is 4. The number of nitrogens with zero attached hydrogens (tertiary/aromatic N) is 1. The molecule has 1 aliphatic rings. The molecule has 1 unspecified atom stereocenters. The summed E-state index contributed by atoms with van der Waals surface area (Å²) in [5.41, 5.74) is 4.53. The maximum Gasteiger partial charge on any atom is 0.416 e. The average molecular weight is 449 g/mol. The molecule has 0 bridgehead atoms. The van der Waals surface area contributed by atoms with Gasteiger partial charge in [-0.1, -0.05) is 41.0 Å². The number of anilines is 3. The number of nitrogens with two attached hydrogens (primary N) is 1. The van der Waals surface area contributed by atoms with E-state index in [-0.39, 0.29) is 11.4 Å². The SMILES string of the molecule is Nc1cc(C(F)(F)F)ccc1NC(=O)N1C=CSC1Nc1c(Cl)cccc1Cl. The molecule has 0 saturated carbocycles. The molecule has 0 spiro atoms. The van der Waals surface area contributed by atoms with Crippen LogP contribution in [0.1, 0.15) is 5.56 Å². The van der Waals surface area contributed by atoms with Crippen LogP contribution in [-0.2, 0) is 6.18 Å². The number of benzene rings is 2. The van der Waals surface area contributed by atoms with E-state index in [1.54, 1.807) is 23.6 Å². The van der Waals surface area contributed by atoms with Crippen LogP contribution in [0.4, 0.5) is 35.0 Å². The van der Waals surface area contributed by atoms with Crippen LogP contribution in [0.15, 0.2) is 48.0 Å². The Morgan fingerprint density at radius 1 is 1.18 bits per heavy atom. The van der Waals surface area contributed by atoms with E-state index >= 15 is 0 Å². The molecule has 4 N–H and O–H groups in total. The lowest BCUT2D eigenvalue weighted by Gasteiger charge is -2.26. The summed E-state index contributed by atoms with van der Waals surface area (Å²) < 4.78 is 38.2. The molecule has 11 heteroatoms. The Balaban J connectivity index is 1.74. The van der Waals surface area contributed by atoms with E-state index < -0.39 is 23.3 Å². The van der Waals surface area contributed by atoms with E-state index in [2.05, 4.69) is 10.6 Å². The molecule has 2 aromatic carbocycles. The highest BCUT2D eigenvalue weighted by molar-refractivity contribution is 8.03. The van der Waals surface area contributed by atoms with E-state index in [0.717, 1.165) is 18.2 Å². The van der Waals surface area contributed by atoms with Crippen LogP contribution in [0.2, 0.25) is 10.0 Å². The van der Waals surface area contributed by atoms with Gasteiger partial charge in [0.1, 0.15) is 0 Å². The van der Waals surface area contributed by atoms with Gasteiger partial charge in [-0.3, -0.25) is 4.90 Å². The predicted octanol–water partition coefficient (Wildman–Crippen LogP) is 6.04. The van der Waals surface area contributed by atoms with Gasteiger partial charge in [0, 0.05) is 6.20 Å². The highest BCUT2D eigenvalue weighted by Crippen LogP contribution is 2.36. The maximum absolute atomic E-state index is 12.7. The maximum atomic E-state index is 12.7. The molecule has 0 saturated heterocycles. The summed E-state index contributed by atoms with van der Waals surface area (Å²) in [5.74, 6) is 0. The quantitative estimate of drug-likeness (QED) is 0.500. The average Bonchev–Trinajstić information content (AvgIpc) is 3.07. The first-order chi connectivity index (χ1) is 13.2. The van der Waals surface area contributed by atoms with Crippen LogP contribution in [0.25, 0.3) is 0 Å². The van der Waals surface area contributed by atoms with Gasteiger partial charge in [0.2, 0.25) is 0 Å². The molecule has 1 heterocycles. The second kappa shape index (κ2) is 8.02. The van der Waals surface area contributed by atoms with Crippen LogP contribution < -0.4 is 16.4 Å². The Kier molecular flexibility index (Phi) is 5.87. The predicted molar refractivity (Wildman–Crippen MR) is 107 cm³/mol. The van der Waals surface area contributed by atoms with Crippen molar-refractivity contribution in [2.24, 2.45) is 0 Å². The smallest absolute Gasteiger partial charge is 0.397 e. The molecule has 0 radical (unpaired) electrons. The second-order valence-electron chi connectivity index (χ2n) is 5.65. The van der Waals surface area contributed by atoms with Gasteiger partial charge in [-0.2, -0.15) is 13.2 Å². The molecule has 0 aliphatic carbocycles. The van der Waals surface area contributed by atoms with Gasteiger partial charge in [0.05, 0.1) is 32.7 Å². The van der Waals surface area contributed by atoms with Gasteiger partial charge in [0.15, 0.2) is 5.50 Å². The number of nitrogens with one attached hydrogen (secondary N) is 2. The van der Waals surface area contributed by atoms with Crippen molar-refractivity contribution in [3.8, 4) is 0 Å². The monoisotopic (exact) mass is 448 g/mol. The number of halogens is 5. The van der Waals surface area contributed by atoms with Crippen molar-refractivity contribution in [2.45, 2.75) is 11.7 Å². The van der Waals surface area contributed by atoms with Crippen LogP contribution in [0.5, 0.6) is 0 Å². The summed E-state index contributed by atoms with van der Waals surface area (Å²) in [7, 11) is 0. The summed E-state index contributed by atoms with van der Waals surface area (Å²) in [5, 5.41) is 8.00. The number of para-hydroxylation sites is 1. The zero-order valence-corrected chi connectivity index (χ0v) is 16.3. The summed E-state index contributed by atoms with van der Waals surface area (Å²) in [4.78, 5) is 13.9. The number of amides is 2. The minimum atomic E-state index is -4.52. The Morgan fingerprint density at radius 2 is 1.86 bits per heavy atom. The third kappa shape index (κ3) is 4.43. The highest BCUT2D eigenvalue weighted by Gasteiger charge is 2.31. The Labute approximate surface area is 172 Å². The second-order valence-corrected chi connectivity index (χ2v) is 7.46. The summed E-state index contributed by atoms with van der Waals surface area (Å²) >= 11 is 13.6. The van der Waals surface area contributed by atoms with E-state index in [4.69, 9.17) is 28.9 Å². The van der Waals surface area contributed by atoms with Crippen LogP contribution in [0, 0.1) is 0 Å². The van der Waals surface area contributed by atoms with Crippen molar-refractivity contribution >= 4 is 58.1 Å². The topological polar surface area (TPSA) is 70.4 Å². The number of hydrogen-bond donors (Lipinski definition) is 3. The Hall–Kier alpha value is -2.23. The van der Waals surface area contributed by atoms with E-state index in [9.17, 15) is 18.0 Å². The lowest BCUT2D eigenvalue weighted by atomic mass is 10.1.